The highest BCUT2D eigenvalue weighted by molar-refractivity contribution is 7.09. The molecule has 0 aliphatic rings. The number of benzene rings is 1. The molecule has 18 heavy (non-hydrogen) atoms. The van der Waals surface area contributed by atoms with Crippen molar-refractivity contribution in [3.63, 3.8) is 0 Å². The number of nitrogen functional groups attached to an aromatic ring is 1. The summed E-state index contributed by atoms with van der Waals surface area (Å²) >= 11 is 1.65. The van der Waals surface area contributed by atoms with Gasteiger partial charge in [-0.2, -0.15) is 5.10 Å². The van der Waals surface area contributed by atoms with Gasteiger partial charge in [-0.05, 0) is 25.1 Å². The summed E-state index contributed by atoms with van der Waals surface area (Å²) in [5, 5.41) is 11.5. The van der Waals surface area contributed by atoms with Gasteiger partial charge in [-0.3, -0.25) is 5.10 Å². The number of nitrogens with two attached hydrogens (primary N) is 1. The molecular weight excluding hydrogens is 246 g/mol. The fraction of sp³-hybridized carbons (Fsp3) is 0.167. The van der Waals surface area contributed by atoms with Crippen molar-refractivity contribution in [1.29, 1.82) is 0 Å². The summed E-state index contributed by atoms with van der Waals surface area (Å²) < 4.78 is 0. The highest BCUT2D eigenvalue weighted by atomic mass is 32.1. The van der Waals surface area contributed by atoms with E-state index in [9.17, 15) is 0 Å². The standard InChI is InChI=1S/C12H13N5S/c1-7-11(15-6-18-7)5-14-12-9-3-2-8(13)4-10(9)16-17-12/h2-4,6H,5,13H2,1H3,(H2,14,16,17). The van der Waals surface area contributed by atoms with E-state index in [-0.39, 0.29) is 0 Å². The Labute approximate surface area is 108 Å². The molecule has 3 aromatic rings. The van der Waals surface area contributed by atoms with Crippen LogP contribution in [0.1, 0.15) is 10.6 Å². The average Bonchev–Trinajstić information content (AvgIpc) is 2.93. The Morgan fingerprint density at radius 1 is 1.44 bits per heavy atom. The number of aromatic nitrogens is 3. The molecule has 0 fully saturated rings. The predicted molar refractivity (Wildman–Crippen MR) is 74.7 cm³/mol. The third-order valence-electron chi connectivity index (χ3n) is 2.85. The van der Waals surface area contributed by atoms with Crippen molar-refractivity contribution in [1.82, 2.24) is 15.2 Å². The molecule has 3 rings (SSSR count). The first kappa shape index (κ1) is 11.0. The average molecular weight is 259 g/mol. The molecule has 0 radical (unpaired) electrons. The van der Waals surface area contributed by atoms with Gasteiger partial charge in [-0.25, -0.2) is 4.98 Å². The molecule has 5 nitrogen and oxygen atoms in total. The van der Waals surface area contributed by atoms with Crippen LogP contribution in [-0.2, 0) is 6.54 Å². The predicted octanol–water partition coefficient (Wildman–Crippen LogP) is 2.52. The Morgan fingerprint density at radius 3 is 3.11 bits per heavy atom. The van der Waals surface area contributed by atoms with E-state index in [0.717, 1.165) is 28.1 Å². The Morgan fingerprint density at radius 2 is 2.33 bits per heavy atom. The van der Waals surface area contributed by atoms with Gasteiger partial charge in [0.25, 0.3) is 0 Å². The number of nitrogens with zero attached hydrogens (tertiary/aromatic N) is 2. The molecule has 0 aliphatic carbocycles. The van der Waals surface area contributed by atoms with Crippen LogP contribution in [0.15, 0.2) is 23.7 Å². The van der Waals surface area contributed by atoms with Crippen LogP contribution in [0.25, 0.3) is 10.9 Å². The normalized spacial score (nSPS) is 10.9. The number of aromatic amines is 1. The zero-order chi connectivity index (χ0) is 12.5. The largest absolute Gasteiger partial charge is 0.399 e. The zero-order valence-electron chi connectivity index (χ0n) is 9.90. The number of fused-ring (bicyclic) bond motifs is 1. The number of anilines is 2. The first-order valence-electron chi connectivity index (χ1n) is 5.60. The summed E-state index contributed by atoms with van der Waals surface area (Å²) in [6.07, 6.45) is 0. The van der Waals surface area contributed by atoms with Crippen LogP contribution in [0.5, 0.6) is 0 Å². The van der Waals surface area contributed by atoms with E-state index in [0.29, 0.717) is 6.54 Å². The van der Waals surface area contributed by atoms with Crippen molar-refractivity contribution in [2.75, 3.05) is 11.1 Å². The van der Waals surface area contributed by atoms with Crippen LogP contribution < -0.4 is 11.1 Å². The maximum absolute atomic E-state index is 5.73. The molecule has 0 bridgehead atoms. The first-order valence-corrected chi connectivity index (χ1v) is 6.48. The second kappa shape index (κ2) is 4.30. The van der Waals surface area contributed by atoms with E-state index in [4.69, 9.17) is 5.73 Å². The maximum Gasteiger partial charge on any atom is 0.156 e. The SMILES string of the molecule is Cc1scnc1CNc1n[nH]c2cc(N)ccc12. The minimum absolute atomic E-state index is 0.680. The minimum Gasteiger partial charge on any atom is -0.399 e. The van der Waals surface area contributed by atoms with Crippen LogP contribution in [0.2, 0.25) is 0 Å². The Hall–Kier alpha value is -2.08. The van der Waals surface area contributed by atoms with Crippen molar-refractivity contribution in [3.8, 4) is 0 Å². The van der Waals surface area contributed by atoms with Gasteiger partial charge >= 0.3 is 0 Å². The number of thiazole rings is 1. The lowest BCUT2D eigenvalue weighted by atomic mass is 10.2. The lowest BCUT2D eigenvalue weighted by Gasteiger charge is -2.02. The minimum atomic E-state index is 0.680. The molecule has 0 aliphatic heterocycles. The van der Waals surface area contributed by atoms with Crippen LogP contribution in [-0.4, -0.2) is 15.2 Å². The van der Waals surface area contributed by atoms with Crippen molar-refractivity contribution in [2.24, 2.45) is 0 Å². The van der Waals surface area contributed by atoms with Gasteiger partial charge in [0.05, 0.1) is 23.3 Å². The van der Waals surface area contributed by atoms with Crippen LogP contribution >= 0.6 is 11.3 Å². The van der Waals surface area contributed by atoms with E-state index in [2.05, 4.69) is 27.4 Å². The van der Waals surface area contributed by atoms with Gasteiger partial charge in [0.1, 0.15) is 0 Å². The lowest BCUT2D eigenvalue weighted by Crippen LogP contribution is -2.01. The second-order valence-corrected chi connectivity index (χ2v) is 5.14. The van der Waals surface area contributed by atoms with E-state index < -0.39 is 0 Å². The number of rotatable bonds is 3. The molecule has 2 heterocycles. The zero-order valence-corrected chi connectivity index (χ0v) is 10.7. The molecule has 0 amide bonds. The number of hydrogen-bond donors (Lipinski definition) is 3. The highest BCUT2D eigenvalue weighted by Crippen LogP contribution is 2.23. The van der Waals surface area contributed by atoms with Crippen LogP contribution in [0, 0.1) is 6.92 Å². The quantitative estimate of drug-likeness (QED) is 0.631. The third kappa shape index (κ3) is 1.91. The van der Waals surface area contributed by atoms with E-state index in [1.54, 1.807) is 11.3 Å². The molecule has 0 saturated carbocycles. The Kier molecular flexibility index (Phi) is 2.64. The van der Waals surface area contributed by atoms with Gasteiger partial charge < -0.3 is 11.1 Å². The topological polar surface area (TPSA) is 79.6 Å². The summed E-state index contributed by atoms with van der Waals surface area (Å²) in [5.41, 5.74) is 10.3. The fourth-order valence-electron chi connectivity index (χ4n) is 1.84. The summed E-state index contributed by atoms with van der Waals surface area (Å²) in [6, 6.07) is 5.71. The van der Waals surface area contributed by atoms with Crippen molar-refractivity contribution >= 4 is 33.7 Å². The summed E-state index contributed by atoms with van der Waals surface area (Å²) in [4.78, 5) is 5.54. The molecule has 0 unspecified atom stereocenters. The van der Waals surface area contributed by atoms with Crippen molar-refractivity contribution in [3.05, 3.63) is 34.3 Å². The summed E-state index contributed by atoms with van der Waals surface area (Å²) in [6.45, 7) is 2.75. The van der Waals surface area contributed by atoms with Gasteiger partial charge in [0.15, 0.2) is 5.82 Å². The molecule has 0 saturated heterocycles. The molecule has 4 N–H and O–H groups in total. The molecule has 2 aromatic heterocycles. The number of H-pyrrole nitrogens is 1. The van der Waals surface area contributed by atoms with Gasteiger partial charge in [0, 0.05) is 16.0 Å². The second-order valence-electron chi connectivity index (χ2n) is 4.09. The molecule has 92 valence electrons. The van der Waals surface area contributed by atoms with Crippen LogP contribution in [0.4, 0.5) is 11.5 Å². The number of nitrogens with one attached hydrogen (secondary N) is 2. The molecule has 0 atom stereocenters. The smallest absolute Gasteiger partial charge is 0.156 e. The number of hydrogen-bond acceptors (Lipinski definition) is 5. The van der Waals surface area contributed by atoms with E-state index >= 15 is 0 Å². The fourth-order valence-corrected chi connectivity index (χ4v) is 2.44. The number of aryl methyl sites for hydroxylation is 1. The van der Waals surface area contributed by atoms with E-state index in [1.807, 2.05) is 23.7 Å². The Bertz CT molecular complexity index is 685. The monoisotopic (exact) mass is 259 g/mol. The summed E-state index contributed by atoms with van der Waals surface area (Å²) in [5.74, 6) is 0.831. The van der Waals surface area contributed by atoms with Crippen LogP contribution in [0.3, 0.4) is 0 Å². The van der Waals surface area contributed by atoms with Crippen molar-refractivity contribution < 1.29 is 0 Å². The maximum atomic E-state index is 5.73. The third-order valence-corrected chi connectivity index (χ3v) is 3.65. The Balaban J connectivity index is 1.85. The van der Waals surface area contributed by atoms with Gasteiger partial charge in [-0.1, -0.05) is 0 Å². The lowest BCUT2D eigenvalue weighted by molar-refractivity contribution is 1.02. The molecule has 6 heteroatoms. The highest BCUT2D eigenvalue weighted by Gasteiger charge is 2.07. The van der Waals surface area contributed by atoms with Gasteiger partial charge in [0.2, 0.25) is 0 Å². The van der Waals surface area contributed by atoms with Gasteiger partial charge in [-0.15, -0.1) is 11.3 Å². The summed E-state index contributed by atoms with van der Waals surface area (Å²) in [7, 11) is 0. The van der Waals surface area contributed by atoms with E-state index in [1.165, 1.54) is 4.88 Å². The molecular formula is C12H13N5S. The molecule has 1 aromatic carbocycles. The first-order chi connectivity index (χ1) is 8.74. The van der Waals surface area contributed by atoms with Crippen molar-refractivity contribution in [2.45, 2.75) is 13.5 Å². The molecule has 0 spiro atoms.